The number of carbonyl (C=O) groups excluding carboxylic acids is 1. The van der Waals surface area contributed by atoms with Gasteiger partial charge in [-0.2, -0.15) is 4.31 Å². The van der Waals surface area contributed by atoms with Gasteiger partial charge in [0.05, 0.1) is 4.90 Å². The molecule has 1 heterocycles. The molecule has 2 rings (SSSR count). The molecule has 0 N–H and O–H groups in total. The van der Waals surface area contributed by atoms with E-state index in [0.29, 0.717) is 43.4 Å². The normalized spacial score (nSPS) is 16.6. The lowest BCUT2D eigenvalue weighted by molar-refractivity contribution is -0.132. The Hall–Kier alpha value is -0.920. The molecule has 134 valence electrons. The van der Waals surface area contributed by atoms with Crippen LogP contribution >= 0.6 is 15.9 Å². The van der Waals surface area contributed by atoms with Crippen molar-refractivity contribution in [2.45, 2.75) is 38.5 Å². The van der Waals surface area contributed by atoms with E-state index in [0.717, 1.165) is 16.5 Å². The molecule has 0 spiro atoms. The first kappa shape index (κ1) is 19.4. The molecular weight excluding hydrogens is 392 g/mol. The number of aryl methyl sites for hydroxylation is 1. The zero-order chi connectivity index (χ0) is 17.9. The van der Waals surface area contributed by atoms with Gasteiger partial charge in [-0.25, -0.2) is 8.42 Å². The molecule has 24 heavy (non-hydrogen) atoms. The van der Waals surface area contributed by atoms with Gasteiger partial charge < -0.3 is 4.90 Å². The highest BCUT2D eigenvalue weighted by atomic mass is 79.9. The summed E-state index contributed by atoms with van der Waals surface area (Å²) in [6, 6.07) is 5.06. The lowest BCUT2D eigenvalue weighted by Gasteiger charge is -2.34. The third-order valence-corrected chi connectivity index (χ3v) is 7.08. The summed E-state index contributed by atoms with van der Waals surface area (Å²) in [6.07, 6.45) is 1.41. The summed E-state index contributed by atoms with van der Waals surface area (Å²) in [4.78, 5) is 14.3. The molecule has 0 aromatic heterocycles. The Morgan fingerprint density at radius 1 is 1.21 bits per heavy atom. The number of sulfonamides is 1. The predicted octanol–water partition coefficient (Wildman–Crippen LogP) is 3.03. The number of rotatable bonds is 5. The van der Waals surface area contributed by atoms with Crippen molar-refractivity contribution in [3.05, 3.63) is 28.2 Å². The Morgan fingerprint density at radius 3 is 2.38 bits per heavy atom. The number of benzene rings is 1. The van der Waals surface area contributed by atoms with Crippen LogP contribution in [0.5, 0.6) is 0 Å². The van der Waals surface area contributed by atoms with Crippen molar-refractivity contribution in [1.29, 1.82) is 0 Å². The van der Waals surface area contributed by atoms with Gasteiger partial charge in [-0.3, -0.25) is 4.79 Å². The van der Waals surface area contributed by atoms with Gasteiger partial charge in [0.25, 0.3) is 0 Å². The van der Waals surface area contributed by atoms with Gasteiger partial charge in [0.2, 0.25) is 15.9 Å². The number of carbonyl (C=O) groups is 1. The van der Waals surface area contributed by atoms with Crippen molar-refractivity contribution in [3.8, 4) is 0 Å². The Labute approximate surface area is 153 Å². The summed E-state index contributed by atoms with van der Waals surface area (Å²) in [7, 11) is -3.50. The van der Waals surface area contributed by atoms with E-state index in [2.05, 4.69) is 29.8 Å². The quantitative estimate of drug-likeness (QED) is 0.740. The molecule has 1 aromatic rings. The molecule has 1 saturated heterocycles. The molecule has 7 heteroatoms. The first-order chi connectivity index (χ1) is 11.2. The maximum Gasteiger partial charge on any atom is 0.243 e. The minimum Gasteiger partial charge on any atom is -0.340 e. The van der Waals surface area contributed by atoms with Gasteiger partial charge in [-0.05, 0) is 43.0 Å². The highest BCUT2D eigenvalue weighted by Gasteiger charge is 2.30. The Kier molecular flexibility index (Phi) is 6.45. The van der Waals surface area contributed by atoms with Gasteiger partial charge >= 0.3 is 0 Å². The van der Waals surface area contributed by atoms with Crippen LogP contribution in [0, 0.1) is 12.8 Å². The third kappa shape index (κ3) is 4.58. The molecule has 0 bridgehead atoms. The number of amides is 1. The maximum atomic E-state index is 12.7. The SMILES string of the molecule is Cc1cc(S(=O)(=O)N2CCN(C(=O)CCC(C)C)CC2)ccc1Br. The van der Waals surface area contributed by atoms with Crippen LogP contribution in [0.1, 0.15) is 32.3 Å². The fraction of sp³-hybridized carbons (Fsp3) is 0.588. The predicted molar refractivity (Wildman–Crippen MR) is 98.3 cm³/mol. The number of hydrogen-bond acceptors (Lipinski definition) is 3. The molecule has 1 amide bonds. The zero-order valence-corrected chi connectivity index (χ0v) is 16.9. The molecule has 1 aliphatic heterocycles. The van der Waals surface area contributed by atoms with Gasteiger partial charge in [-0.15, -0.1) is 0 Å². The van der Waals surface area contributed by atoms with E-state index >= 15 is 0 Å². The minimum atomic E-state index is -3.50. The van der Waals surface area contributed by atoms with Gasteiger partial charge in [0.1, 0.15) is 0 Å². The number of halogens is 1. The van der Waals surface area contributed by atoms with E-state index in [4.69, 9.17) is 0 Å². The molecule has 0 radical (unpaired) electrons. The van der Waals surface area contributed by atoms with Gasteiger partial charge in [-0.1, -0.05) is 29.8 Å². The van der Waals surface area contributed by atoms with Crippen LogP contribution in [-0.2, 0) is 14.8 Å². The summed E-state index contributed by atoms with van der Waals surface area (Å²) in [5.41, 5.74) is 0.888. The summed E-state index contributed by atoms with van der Waals surface area (Å²) in [5.74, 6) is 0.622. The van der Waals surface area contributed by atoms with E-state index in [9.17, 15) is 13.2 Å². The van der Waals surface area contributed by atoms with Crippen LogP contribution in [0.4, 0.5) is 0 Å². The van der Waals surface area contributed by atoms with Crippen LogP contribution in [0.25, 0.3) is 0 Å². The van der Waals surface area contributed by atoms with E-state index < -0.39 is 10.0 Å². The third-order valence-electron chi connectivity index (χ3n) is 4.29. The van der Waals surface area contributed by atoms with E-state index in [1.165, 1.54) is 4.31 Å². The van der Waals surface area contributed by atoms with Crippen molar-refractivity contribution in [1.82, 2.24) is 9.21 Å². The van der Waals surface area contributed by atoms with Crippen LogP contribution < -0.4 is 0 Å². The second kappa shape index (κ2) is 7.97. The Morgan fingerprint density at radius 2 is 1.83 bits per heavy atom. The minimum absolute atomic E-state index is 0.125. The topological polar surface area (TPSA) is 57.7 Å². The van der Waals surface area contributed by atoms with E-state index in [-0.39, 0.29) is 5.91 Å². The van der Waals surface area contributed by atoms with Crippen molar-refractivity contribution in [2.24, 2.45) is 5.92 Å². The van der Waals surface area contributed by atoms with Crippen molar-refractivity contribution < 1.29 is 13.2 Å². The zero-order valence-electron chi connectivity index (χ0n) is 14.5. The van der Waals surface area contributed by atoms with Crippen molar-refractivity contribution in [2.75, 3.05) is 26.2 Å². The highest BCUT2D eigenvalue weighted by molar-refractivity contribution is 9.10. The van der Waals surface area contributed by atoms with Crippen LogP contribution in [0.15, 0.2) is 27.6 Å². The molecule has 0 saturated carbocycles. The molecule has 1 fully saturated rings. The van der Waals surface area contributed by atoms with Crippen molar-refractivity contribution in [3.63, 3.8) is 0 Å². The Balaban J connectivity index is 2.00. The fourth-order valence-electron chi connectivity index (χ4n) is 2.67. The monoisotopic (exact) mass is 416 g/mol. The molecule has 5 nitrogen and oxygen atoms in total. The molecule has 0 atom stereocenters. The molecular formula is C17H25BrN2O3S. The average Bonchev–Trinajstić information content (AvgIpc) is 2.55. The summed E-state index contributed by atoms with van der Waals surface area (Å²) >= 11 is 3.39. The Bertz CT molecular complexity index is 696. The standard InChI is InChI=1S/C17H25BrN2O3S/c1-13(2)4-7-17(21)19-8-10-20(11-9-19)24(22,23)15-5-6-16(18)14(3)12-15/h5-6,12-13H,4,7-11H2,1-3H3. The van der Waals surface area contributed by atoms with Gasteiger partial charge in [0.15, 0.2) is 0 Å². The summed E-state index contributed by atoms with van der Waals surface area (Å²) in [6.45, 7) is 7.69. The molecule has 1 aromatic carbocycles. The lowest BCUT2D eigenvalue weighted by Crippen LogP contribution is -2.50. The van der Waals surface area contributed by atoms with Crippen LogP contribution in [0.3, 0.4) is 0 Å². The largest absolute Gasteiger partial charge is 0.340 e. The summed E-state index contributed by atoms with van der Waals surface area (Å²) < 4.78 is 27.9. The fourth-order valence-corrected chi connectivity index (χ4v) is 4.43. The lowest BCUT2D eigenvalue weighted by atomic mass is 10.1. The maximum absolute atomic E-state index is 12.7. The van der Waals surface area contributed by atoms with E-state index in [1.54, 1.807) is 23.1 Å². The van der Waals surface area contributed by atoms with E-state index in [1.807, 2.05) is 6.92 Å². The summed E-state index contributed by atoms with van der Waals surface area (Å²) in [5, 5.41) is 0. The second-order valence-electron chi connectivity index (χ2n) is 6.63. The number of piperazine rings is 1. The first-order valence-electron chi connectivity index (χ1n) is 8.26. The molecule has 0 aliphatic carbocycles. The number of nitrogens with zero attached hydrogens (tertiary/aromatic N) is 2. The molecule has 0 unspecified atom stereocenters. The highest BCUT2D eigenvalue weighted by Crippen LogP contribution is 2.23. The molecule has 1 aliphatic rings. The smallest absolute Gasteiger partial charge is 0.243 e. The second-order valence-corrected chi connectivity index (χ2v) is 9.42. The average molecular weight is 417 g/mol. The first-order valence-corrected chi connectivity index (χ1v) is 10.5. The van der Waals surface area contributed by atoms with Crippen LogP contribution in [-0.4, -0.2) is 49.7 Å². The number of hydrogen-bond donors (Lipinski definition) is 0. The van der Waals surface area contributed by atoms with Gasteiger partial charge in [0, 0.05) is 37.1 Å². The van der Waals surface area contributed by atoms with Crippen LogP contribution in [0.2, 0.25) is 0 Å². The van der Waals surface area contributed by atoms with Crippen molar-refractivity contribution >= 4 is 31.9 Å².